The van der Waals surface area contributed by atoms with Gasteiger partial charge in [-0.15, -0.1) is 0 Å². The van der Waals surface area contributed by atoms with Gasteiger partial charge in [0.1, 0.15) is 5.82 Å². The van der Waals surface area contributed by atoms with E-state index in [0.29, 0.717) is 12.1 Å². The number of nitrogens with one attached hydrogen (secondary N) is 2. The summed E-state index contributed by atoms with van der Waals surface area (Å²) in [6.07, 6.45) is 4.33. The predicted octanol–water partition coefficient (Wildman–Crippen LogP) is 2.26. The standard InChI is InChI=1S/C11H17BrN4O/c1-2-13-11-15-7-9(12)10(16-11)14-6-8-4-3-5-17-8/h7-8H,2-6H2,1H3,(H2,13,14,15,16). The van der Waals surface area contributed by atoms with Crippen molar-refractivity contribution >= 4 is 27.7 Å². The van der Waals surface area contributed by atoms with Crippen LogP contribution in [0.1, 0.15) is 19.8 Å². The molecule has 1 atom stereocenters. The monoisotopic (exact) mass is 300 g/mol. The Balaban J connectivity index is 1.95. The summed E-state index contributed by atoms with van der Waals surface area (Å²) in [5.41, 5.74) is 0. The van der Waals surface area contributed by atoms with Gasteiger partial charge >= 0.3 is 0 Å². The average Bonchev–Trinajstić information content (AvgIpc) is 2.83. The van der Waals surface area contributed by atoms with E-state index >= 15 is 0 Å². The molecule has 0 aromatic carbocycles. The van der Waals surface area contributed by atoms with Crippen molar-refractivity contribution in [1.82, 2.24) is 9.97 Å². The van der Waals surface area contributed by atoms with Crippen molar-refractivity contribution in [1.29, 1.82) is 0 Å². The van der Waals surface area contributed by atoms with Crippen LogP contribution >= 0.6 is 15.9 Å². The summed E-state index contributed by atoms with van der Waals surface area (Å²) in [6, 6.07) is 0. The molecule has 0 radical (unpaired) electrons. The summed E-state index contributed by atoms with van der Waals surface area (Å²) < 4.78 is 6.43. The lowest BCUT2D eigenvalue weighted by Crippen LogP contribution is -2.19. The third kappa shape index (κ3) is 3.54. The molecule has 1 aliphatic rings. The molecule has 5 nitrogen and oxygen atoms in total. The van der Waals surface area contributed by atoms with Crippen LogP contribution in [0.5, 0.6) is 0 Å². The van der Waals surface area contributed by atoms with Crippen molar-refractivity contribution in [2.45, 2.75) is 25.9 Å². The van der Waals surface area contributed by atoms with E-state index in [1.807, 2.05) is 6.92 Å². The molecule has 1 aromatic heterocycles. The Hall–Kier alpha value is -0.880. The summed E-state index contributed by atoms with van der Waals surface area (Å²) >= 11 is 3.44. The molecule has 1 aliphatic heterocycles. The maximum Gasteiger partial charge on any atom is 0.224 e. The smallest absolute Gasteiger partial charge is 0.224 e. The van der Waals surface area contributed by atoms with Crippen molar-refractivity contribution in [2.75, 3.05) is 30.3 Å². The Morgan fingerprint density at radius 3 is 3.12 bits per heavy atom. The Morgan fingerprint density at radius 2 is 2.41 bits per heavy atom. The van der Waals surface area contributed by atoms with Crippen LogP contribution in [-0.2, 0) is 4.74 Å². The van der Waals surface area contributed by atoms with Crippen molar-refractivity contribution in [2.24, 2.45) is 0 Å². The van der Waals surface area contributed by atoms with Crippen LogP contribution < -0.4 is 10.6 Å². The normalized spacial score (nSPS) is 19.3. The third-order valence-electron chi connectivity index (χ3n) is 2.60. The van der Waals surface area contributed by atoms with Gasteiger partial charge in [-0.05, 0) is 35.7 Å². The van der Waals surface area contributed by atoms with E-state index in [9.17, 15) is 0 Å². The molecule has 2 heterocycles. The van der Waals surface area contributed by atoms with Gasteiger partial charge in [0.2, 0.25) is 5.95 Å². The second-order valence-corrected chi connectivity index (χ2v) is 4.79. The number of anilines is 2. The summed E-state index contributed by atoms with van der Waals surface area (Å²) in [5, 5.41) is 6.38. The molecule has 0 bridgehead atoms. The van der Waals surface area contributed by atoms with Gasteiger partial charge in [0.25, 0.3) is 0 Å². The number of ether oxygens (including phenoxy) is 1. The van der Waals surface area contributed by atoms with E-state index in [-0.39, 0.29) is 0 Å². The number of aromatic nitrogens is 2. The lowest BCUT2D eigenvalue weighted by molar-refractivity contribution is 0.120. The maximum atomic E-state index is 5.56. The first-order valence-corrected chi connectivity index (χ1v) is 6.70. The van der Waals surface area contributed by atoms with Crippen molar-refractivity contribution in [3.8, 4) is 0 Å². The van der Waals surface area contributed by atoms with Crippen LogP contribution in [0.15, 0.2) is 10.7 Å². The minimum atomic E-state index is 0.305. The maximum absolute atomic E-state index is 5.56. The predicted molar refractivity (Wildman–Crippen MR) is 71.4 cm³/mol. The van der Waals surface area contributed by atoms with E-state index in [1.54, 1.807) is 6.20 Å². The lowest BCUT2D eigenvalue weighted by atomic mass is 10.2. The van der Waals surface area contributed by atoms with Crippen LogP contribution in [0.3, 0.4) is 0 Å². The number of rotatable bonds is 5. The fourth-order valence-corrected chi connectivity index (χ4v) is 2.08. The molecular formula is C11H17BrN4O. The molecule has 6 heteroatoms. The summed E-state index contributed by atoms with van der Waals surface area (Å²) in [7, 11) is 0. The number of halogens is 1. The van der Waals surface area contributed by atoms with E-state index in [1.165, 1.54) is 0 Å². The first-order chi connectivity index (χ1) is 8.29. The zero-order chi connectivity index (χ0) is 12.1. The first-order valence-electron chi connectivity index (χ1n) is 5.91. The van der Waals surface area contributed by atoms with Crippen molar-refractivity contribution in [3.05, 3.63) is 10.7 Å². The minimum absolute atomic E-state index is 0.305. The molecular weight excluding hydrogens is 284 g/mol. The Kier molecular flexibility index (Phi) is 4.56. The molecule has 1 saturated heterocycles. The fraction of sp³-hybridized carbons (Fsp3) is 0.636. The van der Waals surface area contributed by atoms with E-state index < -0.39 is 0 Å². The van der Waals surface area contributed by atoms with E-state index in [0.717, 1.165) is 42.8 Å². The topological polar surface area (TPSA) is 59.1 Å². The van der Waals surface area contributed by atoms with Crippen molar-refractivity contribution < 1.29 is 4.74 Å². The zero-order valence-electron chi connectivity index (χ0n) is 9.87. The summed E-state index contributed by atoms with van der Waals surface area (Å²) in [5.74, 6) is 1.46. The zero-order valence-corrected chi connectivity index (χ0v) is 11.5. The van der Waals surface area contributed by atoms with E-state index in [2.05, 4.69) is 36.5 Å². The van der Waals surface area contributed by atoms with Gasteiger partial charge in [-0.25, -0.2) is 4.98 Å². The third-order valence-corrected chi connectivity index (χ3v) is 3.18. The average molecular weight is 301 g/mol. The molecule has 2 rings (SSSR count). The van der Waals surface area contributed by atoms with Crippen LogP contribution in [0.25, 0.3) is 0 Å². The molecule has 2 N–H and O–H groups in total. The number of hydrogen-bond acceptors (Lipinski definition) is 5. The van der Waals surface area contributed by atoms with Crippen LogP contribution in [0, 0.1) is 0 Å². The highest BCUT2D eigenvalue weighted by molar-refractivity contribution is 9.10. The largest absolute Gasteiger partial charge is 0.376 e. The number of nitrogens with zero attached hydrogens (tertiary/aromatic N) is 2. The molecule has 0 amide bonds. The molecule has 0 saturated carbocycles. The molecule has 1 unspecified atom stereocenters. The van der Waals surface area contributed by atoms with Gasteiger partial charge in [-0.2, -0.15) is 4.98 Å². The van der Waals surface area contributed by atoms with Gasteiger partial charge in [0, 0.05) is 25.9 Å². The van der Waals surface area contributed by atoms with E-state index in [4.69, 9.17) is 4.74 Å². The van der Waals surface area contributed by atoms with Gasteiger partial charge in [0.15, 0.2) is 0 Å². The van der Waals surface area contributed by atoms with Crippen LogP contribution in [-0.4, -0.2) is 35.8 Å². The Labute approximate surface area is 110 Å². The molecule has 1 fully saturated rings. The van der Waals surface area contributed by atoms with Crippen LogP contribution in [0.4, 0.5) is 11.8 Å². The van der Waals surface area contributed by atoms with Gasteiger partial charge in [0.05, 0.1) is 10.6 Å². The van der Waals surface area contributed by atoms with Gasteiger partial charge in [-0.1, -0.05) is 0 Å². The Morgan fingerprint density at radius 1 is 1.53 bits per heavy atom. The second kappa shape index (κ2) is 6.16. The van der Waals surface area contributed by atoms with Gasteiger partial charge < -0.3 is 15.4 Å². The van der Waals surface area contributed by atoms with Crippen LogP contribution in [0.2, 0.25) is 0 Å². The van der Waals surface area contributed by atoms with Gasteiger partial charge in [-0.3, -0.25) is 0 Å². The second-order valence-electron chi connectivity index (χ2n) is 3.94. The minimum Gasteiger partial charge on any atom is -0.376 e. The fourth-order valence-electron chi connectivity index (χ4n) is 1.75. The molecule has 0 spiro atoms. The highest BCUT2D eigenvalue weighted by Gasteiger charge is 2.15. The molecule has 0 aliphatic carbocycles. The van der Waals surface area contributed by atoms with Crippen molar-refractivity contribution in [3.63, 3.8) is 0 Å². The summed E-state index contributed by atoms with van der Waals surface area (Å²) in [6.45, 7) is 4.50. The summed E-state index contributed by atoms with van der Waals surface area (Å²) in [4.78, 5) is 8.56. The Bertz CT molecular complexity index is 368. The SMILES string of the molecule is CCNc1ncc(Br)c(NCC2CCCO2)n1. The highest BCUT2D eigenvalue weighted by Crippen LogP contribution is 2.21. The quantitative estimate of drug-likeness (QED) is 0.873. The molecule has 1 aromatic rings. The number of hydrogen-bond donors (Lipinski definition) is 2. The first kappa shape index (κ1) is 12.6. The highest BCUT2D eigenvalue weighted by atomic mass is 79.9. The molecule has 94 valence electrons. The lowest BCUT2D eigenvalue weighted by Gasteiger charge is -2.13. The molecule has 17 heavy (non-hydrogen) atoms.